The second-order valence-electron chi connectivity index (χ2n) is 5.43. The molecule has 24 heavy (non-hydrogen) atoms. The first-order chi connectivity index (χ1) is 11.5. The zero-order valence-electron chi connectivity index (χ0n) is 13.1. The molecule has 0 saturated heterocycles. The van der Waals surface area contributed by atoms with Gasteiger partial charge in [-0.05, 0) is 42.3 Å². The molecule has 0 bridgehead atoms. The van der Waals surface area contributed by atoms with Crippen molar-refractivity contribution in [3.63, 3.8) is 0 Å². The van der Waals surface area contributed by atoms with Gasteiger partial charge in [-0.25, -0.2) is 9.37 Å². The summed E-state index contributed by atoms with van der Waals surface area (Å²) < 4.78 is 15.1. The van der Waals surface area contributed by atoms with E-state index in [9.17, 15) is 9.18 Å². The van der Waals surface area contributed by atoms with Crippen molar-refractivity contribution < 1.29 is 4.39 Å². The molecule has 1 aromatic carbocycles. The van der Waals surface area contributed by atoms with Crippen LogP contribution in [0.25, 0.3) is 27.2 Å². The molecule has 1 atom stereocenters. The minimum atomic E-state index is -0.661. The van der Waals surface area contributed by atoms with Gasteiger partial charge in [-0.3, -0.25) is 9.20 Å². The van der Waals surface area contributed by atoms with Gasteiger partial charge in [0.05, 0.1) is 17.3 Å². The Balaban J connectivity index is 2.46. The van der Waals surface area contributed by atoms with Crippen molar-refractivity contribution >= 4 is 5.65 Å². The number of hydrogen-bond donors (Lipinski definition) is 0. The van der Waals surface area contributed by atoms with Gasteiger partial charge in [0.15, 0.2) is 0 Å². The van der Waals surface area contributed by atoms with Crippen LogP contribution in [0.5, 0.6) is 0 Å². The van der Waals surface area contributed by atoms with E-state index in [1.54, 1.807) is 38.1 Å². The summed E-state index contributed by atoms with van der Waals surface area (Å²) in [5, 5.41) is 3.65. The average Bonchev–Trinajstić information content (AvgIpc) is 2.54. The SMILES string of the molecule is Cc1cccc2nc(C(C)N=[N+]=[N-])c(-c3cccc(F)c3)c(=O)n12. The molecule has 0 spiro atoms. The maximum atomic E-state index is 13.6. The fourth-order valence-electron chi connectivity index (χ4n) is 2.71. The summed E-state index contributed by atoms with van der Waals surface area (Å²) in [6.07, 6.45) is 0. The van der Waals surface area contributed by atoms with Crippen LogP contribution < -0.4 is 5.56 Å². The van der Waals surface area contributed by atoms with Gasteiger partial charge in [-0.2, -0.15) is 0 Å². The van der Waals surface area contributed by atoms with Crippen molar-refractivity contribution in [1.82, 2.24) is 9.38 Å². The van der Waals surface area contributed by atoms with Crippen LogP contribution >= 0.6 is 0 Å². The van der Waals surface area contributed by atoms with Crippen molar-refractivity contribution in [2.75, 3.05) is 0 Å². The first kappa shape index (κ1) is 15.7. The maximum Gasteiger partial charge on any atom is 0.266 e. The lowest BCUT2D eigenvalue weighted by Gasteiger charge is -2.14. The lowest BCUT2D eigenvalue weighted by molar-refractivity contribution is 0.628. The lowest BCUT2D eigenvalue weighted by Crippen LogP contribution is -2.22. The zero-order valence-corrected chi connectivity index (χ0v) is 13.1. The van der Waals surface area contributed by atoms with Gasteiger partial charge in [0.25, 0.3) is 5.56 Å². The summed E-state index contributed by atoms with van der Waals surface area (Å²) in [6, 6.07) is 10.4. The van der Waals surface area contributed by atoms with Crippen LogP contribution in [0.4, 0.5) is 4.39 Å². The van der Waals surface area contributed by atoms with E-state index in [0.717, 1.165) is 0 Å². The number of nitrogens with zero attached hydrogens (tertiary/aromatic N) is 5. The van der Waals surface area contributed by atoms with Crippen molar-refractivity contribution in [3.05, 3.63) is 80.5 Å². The highest BCUT2D eigenvalue weighted by Crippen LogP contribution is 2.27. The van der Waals surface area contributed by atoms with Gasteiger partial charge in [0.1, 0.15) is 11.5 Å². The molecule has 120 valence electrons. The van der Waals surface area contributed by atoms with E-state index in [-0.39, 0.29) is 11.1 Å². The number of rotatable bonds is 3. The van der Waals surface area contributed by atoms with Crippen molar-refractivity contribution in [2.45, 2.75) is 19.9 Å². The first-order valence-electron chi connectivity index (χ1n) is 7.35. The number of benzene rings is 1. The largest absolute Gasteiger partial charge is 0.268 e. The van der Waals surface area contributed by atoms with E-state index in [0.29, 0.717) is 22.6 Å². The Morgan fingerprint density at radius 3 is 2.75 bits per heavy atom. The molecule has 0 radical (unpaired) electrons. The van der Waals surface area contributed by atoms with Crippen LogP contribution in [0, 0.1) is 12.7 Å². The third-order valence-electron chi connectivity index (χ3n) is 3.81. The molecular weight excluding hydrogens is 309 g/mol. The molecule has 3 aromatic rings. The smallest absolute Gasteiger partial charge is 0.266 e. The highest BCUT2D eigenvalue weighted by molar-refractivity contribution is 5.67. The molecule has 0 fully saturated rings. The average molecular weight is 323 g/mol. The van der Waals surface area contributed by atoms with Crippen molar-refractivity contribution in [1.29, 1.82) is 0 Å². The summed E-state index contributed by atoms with van der Waals surface area (Å²) in [5.74, 6) is -0.454. The summed E-state index contributed by atoms with van der Waals surface area (Å²) in [4.78, 5) is 20.3. The van der Waals surface area contributed by atoms with Crippen molar-refractivity contribution in [3.8, 4) is 11.1 Å². The molecule has 3 rings (SSSR count). The normalized spacial score (nSPS) is 12.0. The molecule has 1 unspecified atom stereocenters. The number of azide groups is 1. The number of halogens is 1. The van der Waals surface area contributed by atoms with E-state index in [4.69, 9.17) is 5.53 Å². The summed E-state index contributed by atoms with van der Waals surface area (Å²) in [7, 11) is 0. The number of fused-ring (bicyclic) bond motifs is 1. The third-order valence-corrected chi connectivity index (χ3v) is 3.81. The van der Waals surface area contributed by atoms with Crippen LogP contribution in [-0.4, -0.2) is 9.38 Å². The molecule has 0 aliphatic carbocycles. The highest BCUT2D eigenvalue weighted by Gasteiger charge is 2.19. The first-order valence-corrected chi connectivity index (χ1v) is 7.35. The van der Waals surface area contributed by atoms with E-state index in [1.165, 1.54) is 22.6 Å². The summed E-state index contributed by atoms with van der Waals surface area (Å²) in [5.41, 5.74) is 10.5. The van der Waals surface area contributed by atoms with Crippen LogP contribution in [0.15, 0.2) is 52.4 Å². The van der Waals surface area contributed by atoms with Gasteiger partial charge in [-0.15, -0.1) is 0 Å². The molecule has 0 amide bonds. The molecular formula is C17H14FN5O. The fourth-order valence-corrected chi connectivity index (χ4v) is 2.71. The molecule has 2 heterocycles. The molecule has 0 saturated carbocycles. The van der Waals surface area contributed by atoms with Crippen LogP contribution in [0.1, 0.15) is 24.4 Å². The molecule has 6 nitrogen and oxygen atoms in total. The standard InChI is InChI=1S/C17H14FN5O/c1-10-5-3-8-14-20-16(11(2)21-22-19)15(17(24)23(10)14)12-6-4-7-13(18)9-12/h3-9,11H,1-2H3. The predicted molar refractivity (Wildman–Crippen MR) is 89.2 cm³/mol. The maximum absolute atomic E-state index is 13.6. The minimum Gasteiger partial charge on any atom is -0.268 e. The Morgan fingerprint density at radius 1 is 1.29 bits per heavy atom. The Kier molecular flexibility index (Phi) is 4.02. The topological polar surface area (TPSA) is 83.1 Å². The second kappa shape index (κ2) is 6.14. The third kappa shape index (κ3) is 2.61. The second-order valence-corrected chi connectivity index (χ2v) is 5.43. The molecule has 2 aromatic heterocycles. The van der Waals surface area contributed by atoms with Gasteiger partial charge in [0.2, 0.25) is 0 Å². The fraction of sp³-hybridized carbons (Fsp3) is 0.176. The van der Waals surface area contributed by atoms with E-state index in [1.807, 2.05) is 0 Å². The van der Waals surface area contributed by atoms with Gasteiger partial charge < -0.3 is 0 Å². The molecule has 0 aliphatic rings. The predicted octanol–water partition coefficient (Wildman–Crippen LogP) is 4.18. The van der Waals surface area contributed by atoms with Gasteiger partial charge in [0, 0.05) is 10.6 Å². The van der Waals surface area contributed by atoms with Crippen LogP contribution in [0.2, 0.25) is 0 Å². The Hall–Kier alpha value is -3.18. The van der Waals surface area contributed by atoms with Crippen LogP contribution in [0.3, 0.4) is 0 Å². The molecule has 7 heteroatoms. The minimum absolute atomic E-state index is 0.237. The zero-order chi connectivity index (χ0) is 17.3. The quantitative estimate of drug-likeness (QED) is 0.411. The van der Waals surface area contributed by atoms with Gasteiger partial charge in [-0.1, -0.05) is 30.2 Å². The monoisotopic (exact) mass is 323 g/mol. The van der Waals surface area contributed by atoms with Gasteiger partial charge >= 0.3 is 0 Å². The van der Waals surface area contributed by atoms with E-state index < -0.39 is 11.9 Å². The summed E-state index contributed by atoms with van der Waals surface area (Å²) >= 11 is 0. The van der Waals surface area contributed by atoms with E-state index >= 15 is 0 Å². The number of aryl methyl sites for hydroxylation is 1. The van der Waals surface area contributed by atoms with E-state index in [2.05, 4.69) is 15.0 Å². The Bertz CT molecular complexity index is 1040. The number of hydrogen-bond acceptors (Lipinski definition) is 3. The summed E-state index contributed by atoms with van der Waals surface area (Å²) in [6.45, 7) is 3.44. The molecule has 0 N–H and O–H groups in total. The number of pyridine rings is 1. The number of aromatic nitrogens is 2. The van der Waals surface area contributed by atoms with Crippen molar-refractivity contribution in [2.24, 2.45) is 5.11 Å². The Labute approximate surface area is 136 Å². The van der Waals surface area contributed by atoms with Crippen LogP contribution in [-0.2, 0) is 0 Å². The Morgan fingerprint density at radius 2 is 2.04 bits per heavy atom. The lowest BCUT2D eigenvalue weighted by atomic mass is 10.0. The highest BCUT2D eigenvalue weighted by atomic mass is 19.1. The molecule has 0 aliphatic heterocycles.